The zero-order valence-corrected chi connectivity index (χ0v) is 39.8. The maximum absolute atomic E-state index is 13.2. The summed E-state index contributed by atoms with van der Waals surface area (Å²) in [5, 5.41) is 23.7. The van der Waals surface area contributed by atoms with Gasteiger partial charge in [0, 0.05) is 6.42 Å². The lowest BCUT2D eigenvalue weighted by atomic mass is 10.0. The molecular weight excluding hydrogens is 755 g/mol. The SMILES string of the molecule is CC/C=C\C/C=C\C/C=C\C/C=C\C/C=C\C/C=C\C(CC(=O)NC(CO)C(O)CCCCCCCCCCCCCCCCC)OC(=O)CCCCCCC/C=C\CCC. The monoisotopic (exact) mass is 850 g/mol. The fourth-order valence-corrected chi connectivity index (χ4v) is 7.13. The maximum atomic E-state index is 13.2. The van der Waals surface area contributed by atoms with Gasteiger partial charge in [-0.05, 0) is 76.7 Å². The predicted octanol–water partition coefficient (Wildman–Crippen LogP) is 15.2. The van der Waals surface area contributed by atoms with Crippen LogP contribution in [0.15, 0.2) is 85.1 Å². The number of amides is 1. The van der Waals surface area contributed by atoms with Crippen molar-refractivity contribution < 1.29 is 24.5 Å². The first kappa shape index (κ1) is 58.0. The molecule has 0 aliphatic carbocycles. The molecule has 0 saturated carbocycles. The van der Waals surface area contributed by atoms with Crippen molar-refractivity contribution in [2.45, 2.75) is 244 Å². The summed E-state index contributed by atoms with van der Waals surface area (Å²) in [7, 11) is 0. The Kier molecular flexibility index (Phi) is 45.7. The van der Waals surface area contributed by atoms with Gasteiger partial charge in [-0.15, -0.1) is 0 Å². The molecule has 0 spiro atoms. The van der Waals surface area contributed by atoms with E-state index in [4.69, 9.17) is 4.74 Å². The van der Waals surface area contributed by atoms with Crippen LogP contribution in [0.25, 0.3) is 0 Å². The van der Waals surface area contributed by atoms with Crippen LogP contribution in [0, 0.1) is 0 Å². The van der Waals surface area contributed by atoms with Crippen molar-refractivity contribution in [1.29, 1.82) is 0 Å². The first-order valence-electron chi connectivity index (χ1n) is 25.3. The van der Waals surface area contributed by atoms with Crippen LogP contribution < -0.4 is 5.32 Å². The Morgan fingerprint density at radius 2 is 0.951 bits per heavy atom. The van der Waals surface area contributed by atoms with Gasteiger partial charge in [0.2, 0.25) is 5.91 Å². The lowest BCUT2D eigenvalue weighted by molar-refractivity contribution is -0.148. The number of unbranched alkanes of at least 4 members (excludes halogenated alkanes) is 20. The first-order valence-corrected chi connectivity index (χ1v) is 25.3. The van der Waals surface area contributed by atoms with Gasteiger partial charge in [-0.2, -0.15) is 0 Å². The van der Waals surface area contributed by atoms with Crippen molar-refractivity contribution in [3.63, 3.8) is 0 Å². The number of rotatable bonds is 44. The molecule has 0 bridgehead atoms. The molecule has 0 fully saturated rings. The normalized spacial score (nSPS) is 14.0. The summed E-state index contributed by atoms with van der Waals surface area (Å²) in [5.41, 5.74) is 0. The Bertz CT molecular complexity index is 1180. The number of hydrogen-bond donors (Lipinski definition) is 3. The van der Waals surface area contributed by atoms with Gasteiger partial charge in [-0.1, -0.05) is 222 Å². The van der Waals surface area contributed by atoms with Gasteiger partial charge < -0.3 is 20.3 Å². The molecule has 6 heteroatoms. The standard InChI is InChI=1S/C55H95NO5/c1-4-7-10-13-16-19-22-24-26-27-29-30-32-34-37-40-43-46-51(61-55(60)48-45-42-39-36-21-18-15-12-9-6-3)49-54(59)56-52(50-57)53(58)47-44-41-38-35-33-31-28-25-23-20-17-14-11-8-5-2/h7,10,12,15-16,19,24,26,29-30,34,37,43,46,51-53,57-58H,4-6,8-9,11,13-14,17-18,20-23,25,27-28,31-33,35-36,38-42,44-45,47-50H2,1-3H3,(H,56,59)/b10-7-,15-12-,19-16-,26-24-,30-29-,37-34-,46-43-. The second-order valence-electron chi connectivity index (χ2n) is 16.8. The van der Waals surface area contributed by atoms with Gasteiger partial charge in [0.15, 0.2) is 0 Å². The summed E-state index contributed by atoms with van der Waals surface area (Å²) in [5.74, 6) is -0.647. The minimum absolute atomic E-state index is 0.0539. The molecule has 0 aliphatic rings. The van der Waals surface area contributed by atoms with Gasteiger partial charge in [-0.3, -0.25) is 9.59 Å². The lowest BCUT2D eigenvalue weighted by Gasteiger charge is -2.23. The summed E-state index contributed by atoms with van der Waals surface area (Å²) in [6, 6.07) is -0.747. The van der Waals surface area contributed by atoms with E-state index >= 15 is 0 Å². The number of ether oxygens (including phenoxy) is 1. The zero-order chi connectivity index (χ0) is 44.5. The number of nitrogens with one attached hydrogen (secondary N) is 1. The Labute approximate surface area is 376 Å². The number of aliphatic hydroxyl groups excluding tert-OH is 2. The summed E-state index contributed by atoms with van der Waals surface area (Å²) in [6.45, 7) is 6.27. The molecule has 3 atom stereocenters. The fraction of sp³-hybridized carbons (Fsp3) is 0.709. The van der Waals surface area contributed by atoms with E-state index in [0.717, 1.165) is 89.9 Å². The second-order valence-corrected chi connectivity index (χ2v) is 16.8. The van der Waals surface area contributed by atoms with Gasteiger partial charge in [-0.25, -0.2) is 0 Å². The maximum Gasteiger partial charge on any atom is 0.306 e. The number of aliphatic hydroxyl groups is 2. The fourth-order valence-electron chi connectivity index (χ4n) is 7.13. The highest BCUT2D eigenvalue weighted by atomic mass is 16.5. The van der Waals surface area contributed by atoms with E-state index < -0.39 is 18.2 Å². The molecule has 350 valence electrons. The van der Waals surface area contributed by atoms with Crippen LogP contribution >= 0.6 is 0 Å². The van der Waals surface area contributed by atoms with Crippen molar-refractivity contribution in [2.24, 2.45) is 0 Å². The number of hydrogen-bond acceptors (Lipinski definition) is 5. The first-order chi connectivity index (χ1) is 30.0. The van der Waals surface area contributed by atoms with Crippen molar-refractivity contribution >= 4 is 11.9 Å². The molecule has 0 radical (unpaired) electrons. The van der Waals surface area contributed by atoms with Crippen LogP contribution in [0.4, 0.5) is 0 Å². The Morgan fingerprint density at radius 1 is 0.508 bits per heavy atom. The van der Waals surface area contributed by atoms with E-state index in [1.807, 2.05) is 6.08 Å². The van der Waals surface area contributed by atoms with Crippen LogP contribution in [0.1, 0.15) is 226 Å². The van der Waals surface area contributed by atoms with Crippen molar-refractivity contribution in [3.8, 4) is 0 Å². The zero-order valence-electron chi connectivity index (χ0n) is 39.8. The molecule has 0 aromatic heterocycles. The highest BCUT2D eigenvalue weighted by Crippen LogP contribution is 2.16. The predicted molar refractivity (Wildman–Crippen MR) is 264 cm³/mol. The van der Waals surface area contributed by atoms with E-state index in [1.54, 1.807) is 6.08 Å². The quantitative estimate of drug-likeness (QED) is 0.0322. The third kappa shape index (κ3) is 43.5. The summed E-state index contributed by atoms with van der Waals surface area (Å²) in [4.78, 5) is 26.0. The average Bonchev–Trinajstić information content (AvgIpc) is 3.25. The number of carbonyl (C=O) groups is 2. The molecule has 3 unspecified atom stereocenters. The van der Waals surface area contributed by atoms with Gasteiger partial charge in [0.05, 0.1) is 25.2 Å². The Balaban J connectivity index is 4.73. The van der Waals surface area contributed by atoms with Crippen LogP contribution in [0.3, 0.4) is 0 Å². The molecule has 6 nitrogen and oxygen atoms in total. The lowest BCUT2D eigenvalue weighted by Crippen LogP contribution is -2.46. The molecule has 0 aliphatic heterocycles. The minimum Gasteiger partial charge on any atom is -0.458 e. The van der Waals surface area contributed by atoms with Gasteiger partial charge >= 0.3 is 5.97 Å². The van der Waals surface area contributed by atoms with E-state index in [0.29, 0.717) is 19.3 Å². The van der Waals surface area contributed by atoms with Crippen LogP contribution in [0.2, 0.25) is 0 Å². The van der Waals surface area contributed by atoms with Crippen molar-refractivity contribution in [1.82, 2.24) is 5.32 Å². The molecule has 0 aromatic rings. The number of allylic oxidation sites excluding steroid dienone is 13. The molecule has 0 heterocycles. The van der Waals surface area contributed by atoms with Crippen LogP contribution in [-0.2, 0) is 14.3 Å². The van der Waals surface area contributed by atoms with Gasteiger partial charge in [0.25, 0.3) is 0 Å². The second kappa shape index (κ2) is 48.1. The Hall–Kier alpha value is -2.96. The van der Waals surface area contributed by atoms with E-state index in [9.17, 15) is 19.8 Å². The van der Waals surface area contributed by atoms with E-state index in [2.05, 4.69) is 99.0 Å². The number of esters is 1. The van der Waals surface area contributed by atoms with Crippen LogP contribution in [-0.4, -0.2) is 46.9 Å². The van der Waals surface area contributed by atoms with Crippen molar-refractivity contribution in [2.75, 3.05) is 6.61 Å². The summed E-state index contributed by atoms with van der Waals surface area (Å²) < 4.78 is 5.80. The molecule has 61 heavy (non-hydrogen) atoms. The third-order valence-electron chi connectivity index (χ3n) is 10.9. The summed E-state index contributed by atoms with van der Waals surface area (Å²) in [6.07, 6.45) is 62.5. The molecule has 1 amide bonds. The number of carbonyl (C=O) groups excluding carboxylic acids is 2. The van der Waals surface area contributed by atoms with Crippen LogP contribution in [0.5, 0.6) is 0 Å². The van der Waals surface area contributed by atoms with Crippen molar-refractivity contribution in [3.05, 3.63) is 85.1 Å². The highest BCUT2D eigenvalue weighted by molar-refractivity contribution is 5.78. The average molecular weight is 850 g/mol. The molecule has 0 saturated heterocycles. The molecule has 3 N–H and O–H groups in total. The van der Waals surface area contributed by atoms with E-state index in [1.165, 1.54) is 89.9 Å². The Morgan fingerprint density at radius 3 is 1.44 bits per heavy atom. The van der Waals surface area contributed by atoms with Gasteiger partial charge in [0.1, 0.15) is 6.10 Å². The topological polar surface area (TPSA) is 95.9 Å². The largest absolute Gasteiger partial charge is 0.458 e. The molecule has 0 rings (SSSR count). The van der Waals surface area contributed by atoms with E-state index in [-0.39, 0.29) is 24.9 Å². The molecular formula is C55H95NO5. The highest BCUT2D eigenvalue weighted by Gasteiger charge is 2.23. The summed E-state index contributed by atoms with van der Waals surface area (Å²) >= 11 is 0. The molecule has 0 aromatic carbocycles. The smallest absolute Gasteiger partial charge is 0.306 e. The third-order valence-corrected chi connectivity index (χ3v) is 10.9. The minimum atomic E-state index is -0.824.